The van der Waals surface area contributed by atoms with Crippen LogP contribution in [0.2, 0.25) is 0 Å². The maximum absolute atomic E-state index is 11.5. The van der Waals surface area contributed by atoms with E-state index in [1.54, 1.807) is 146 Å². The molecule has 17 amide bonds. The number of imide groups is 1. The van der Waals surface area contributed by atoms with E-state index in [1.807, 2.05) is 66.2 Å². The number of rotatable bonds is 16. The molecule has 646 valence electrons. The summed E-state index contributed by atoms with van der Waals surface area (Å²) >= 11 is 0. The molecule has 49 heteroatoms. The van der Waals surface area contributed by atoms with Crippen molar-refractivity contribution in [1.82, 2.24) is 63.6 Å². The maximum Gasteiger partial charge on any atom is 0.430 e. The molecule has 0 bridgehead atoms. The molecule has 1 aromatic carbocycles. The van der Waals surface area contributed by atoms with Gasteiger partial charge in [0.2, 0.25) is 11.8 Å². The Bertz CT molecular complexity index is 3490. The van der Waals surface area contributed by atoms with Gasteiger partial charge in [-0.25, -0.2) is 86.4 Å². The number of aliphatic hydroxyl groups is 1. The lowest BCUT2D eigenvalue weighted by atomic mass is 10.2. The highest BCUT2D eigenvalue weighted by molar-refractivity contribution is 6.02. The average molecular weight is 1630 g/mol. The molecule has 115 heavy (non-hydrogen) atoms. The van der Waals surface area contributed by atoms with Crippen LogP contribution in [-0.2, 0) is 24.1 Å². The molecular formula is C66H121N33O16. The van der Waals surface area contributed by atoms with E-state index in [4.69, 9.17) is 34.1 Å². The van der Waals surface area contributed by atoms with Crippen LogP contribution in [0.4, 0.5) is 39.2 Å². The molecule has 25 N–H and O–H groups in total. The smallest absolute Gasteiger partial charge is 0.411 e. The first kappa shape index (κ1) is 121. The zero-order valence-electron chi connectivity index (χ0n) is 70.6. The molecular weight excluding hydrogens is 1510 g/mol. The second kappa shape index (κ2) is 82.0. The van der Waals surface area contributed by atoms with Gasteiger partial charge in [0.15, 0.2) is 5.69 Å². The summed E-state index contributed by atoms with van der Waals surface area (Å²) in [7, 11) is 4.54. The van der Waals surface area contributed by atoms with Gasteiger partial charge in [0.05, 0.1) is 36.0 Å². The molecule has 1 aliphatic heterocycles. The van der Waals surface area contributed by atoms with Crippen molar-refractivity contribution in [2.24, 2.45) is 107 Å². The van der Waals surface area contributed by atoms with Crippen molar-refractivity contribution in [3.8, 4) is 0 Å². The first-order valence-electron chi connectivity index (χ1n) is 32.8. The molecule has 0 aliphatic carbocycles. The lowest BCUT2D eigenvalue weighted by molar-refractivity contribution is -0.119. The Kier molecular flexibility index (Phi) is 86.6. The fourth-order valence-corrected chi connectivity index (χ4v) is 4.11. The number of urea groups is 6. The molecule has 49 nitrogen and oxygen atoms in total. The molecule has 1 fully saturated rings. The minimum Gasteiger partial charge on any atom is -0.411 e. The molecule has 0 saturated carbocycles. The van der Waals surface area contributed by atoms with Gasteiger partial charge in [0.1, 0.15) is 31.9 Å². The van der Waals surface area contributed by atoms with E-state index in [9.17, 15) is 52.7 Å². The number of nitrogens with two attached hydrogens (primary N) is 7. The molecule has 2 heterocycles. The molecule has 0 radical (unpaired) electrons. The van der Waals surface area contributed by atoms with Crippen LogP contribution in [0.15, 0.2) is 115 Å². The van der Waals surface area contributed by atoms with Crippen LogP contribution in [0.1, 0.15) is 187 Å². The summed E-state index contributed by atoms with van der Waals surface area (Å²) in [4.78, 5) is 134. The second-order valence-electron chi connectivity index (χ2n) is 22.4. The number of oxime groups is 4. The van der Waals surface area contributed by atoms with Crippen molar-refractivity contribution in [3.63, 3.8) is 0 Å². The quantitative estimate of drug-likeness (QED) is 0.0153. The third-order valence-electron chi connectivity index (χ3n) is 7.98. The van der Waals surface area contributed by atoms with Gasteiger partial charge in [-0.3, -0.25) is 34.3 Å². The summed E-state index contributed by atoms with van der Waals surface area (Å²) in [5.41, 5.74) is 58.2. The monoisotopic (exact) mass is 1630 g/mol. The minimum atomic E-state index is -0.883. The highest BCUT2D eigenvalue weighted by Crippen LogP contribution is 2.12. The topological polar surface area (TPSA) is 731 Å². The Balaban J connectivity index is -0.000000131. The minimum absolute atomic E-state index is 0.0246. The summed E-state index contributed by atoms with van der Waals surface area (Å²) in [6.07, 6.45) is 3.69. The summed E-state index contributed by atoms with van der Waals surface area (Å²) < 4.78 is 0. The Morgan fingerprint density at radius 3 is 1.19 bits per heavy atom. The van der Waals surface area contributed by atoms with Crippen molar-refractivity contribution in [2.75, 3.05) is 41.0 Å². The Labute approximate surface area is 670 Å². The van der Waals surface area contributed by atoms with Crippen molar-refractivity contribution in [3.05, 3.63) is 71.3 Å². The molecule has 1 saturated heterocycles. The van der Waals surface area contributed by atoms with Gasteiger partial charge in [0, 0.05) is 85.0 Å². The molecule has 1 aromatic heterocycles. The molecule has 0 atom stereocenters. The van der Waals surface area contributed by atoms with Crippen molar-refractivity contribution >= 4 is 147 Å². The predicted molar refractivity (Wildman–Crippen MR) is 448 cm³/mol. The third-order valence-corrected chi connectivity index (χ3v) is 7.98. The molecule has 0 unspecified atom stereocenters. The van der Waals surface area contributed by atoms with Gasteiger partial charge in [-0.05, 0) is 171 Å². The van der Waals surface area contributed by atoms with Gasteiger partial charge >= 0.3 is 42.3 Å². The first-order chi connectivity index (χ1) is 53.2. The molecule has 3 rings (SSSR count). The fraction of sp³-hybridized carbons (Fsp3) is 0.455. The number of hydrogen-bond acceptors (Lipinski definition) is 30. The standard InChI is InChI=1S/C11H11N3O.C9H11N3O.C6H9N3O2.C5H11N3O.C5H10N2O.C5H11NO2.C4H10N4O.C4H9N3O.C4H8N2O2.C4H9NO.C3H8N4O.C3H7N3O.C3H7NO/c1-8(2)13-14-11(15)9-4-6-10(12-3)7-5-9;1-7(2)11-12-9(13)8-3-5-10-6-4-8;1-4(2)8-9-3-5(10)7-6(9)11;1-4(2)7-8(3)5(6)9;1-4(2)6-7-5(3)8;1-5(2)6-8-4-3-7;1-3(5)7-8-4(9)6-2;1-3(2)6-7-4(5)8;1-3(2)6-8-4(5)7;1-4(2)5-6-3;1-2(4)6-7-3(5)8;1-2-5-6-3(4)7;1-3(2)4-5/h4-7H,1-2H3,(H,14,15);3-6H,1-2H3,(H,12,13);3H2,1-2H3,(H,7,10,11);1-3H3,(H2,6,9);1-3H3,(H,7,8);7H,3-4H2,1-2H3;1-2H3,(H2,5,7)(H2,6,8,9);1-2H3,(H3,5,7,8);1-2H3,(H2,5,7);1-3H3;1H3,(H2,4,6)(H3,5,7,8);2H,1H3,(H3,4,6,7);5H,1-2H3. The third kappa shape index (κ3) is 121. The van der Waals surface area contributed by atoms with E-state index in [2.05, 4.69) is 152 Å². The Hall–Kier alpha value is -14.5. The SMILES string of the molecule is CC(=O)NN=C(C)C.CC(C)=NN(C)C(N)=O.CC(C)=NN1CC(=O)NC1=O.CC(C)=NNC(=O)c1ccncc1.CC(C)=NNC(N)=O.CC(C)=NO.CC(C)=NOC(N)=O.CC(C)=NOCCO.CC(N)=NNC(N)=O.CC=NNC(N)=O.CNC(=O)NN=C(C)N.CON=C(C)C.[C-]#[N+]c1ccc(C(=O)NN=C(C)C)cc1. The van der Waals surface area contributed by atoms with Crippen LogP contribution in [-0.4, -0.2) is 207 Å². The van der Waals surface area contributed by atoms with E-state index in [0.29, 0.717) is 34.1 Å². The zero-order chi connectivity index (χ0) is 91.7. The number of benzene rings is 1. The number of aliphatic hydroxyl groups excluding tert-OH is 1. The second-order valence-corrected chi connectivity index (χ2v) is 22.4. The zero-order valence-corrected chi connectivity index (χ0v) is 70.6. The lowest BCUT2D eigenvalue weighted by Crippen LogP contribution is -2.30. The lowest BCUT2D eigenvalue weighted by Gasteiger charge is -2.05. The van der Waals surface area contributed by atoms with Crippen LogP contribution < -0.4 is 88.7 Å². The average Bonchev–Trinajstić information content (AvgIpc) is 1.84. The summed E-state index contributed by atoms with van der Waals surface area (Å²) in [5.74, 6) is -0.343. The number of nitrogens with zero attached hydrogens (tertiary/aromatic N) is 17. The molecule has 1 aliphatic rings. The van der Waals surface area contributed by atoms with Gasteiger partial charge in [-0.2, -0.15) is 45.9 Å². The number of primary amides is 5. The van der Waals surface area contributed by atoms with Crippen LogP contribution in [0, 0.1) is 6.57 Å². The van der Waals surface area contributed by atoms with Crippen LogP contribution >= 0.6 is 0 Å². The molecule has 2 aromatic rings. The summed E-state index contributed by atoms with van der Waals surface area (Å²) in [6, 6.07) is 6.32. The maximum atomic E-state index is 11.5. The highest BCUT2D eigenvalue weighted by Gasteiger charge is 2.26. The molecule has 0 spiro atoms. The van der Waals surface area contributed by atoms with E-state index in [0.717, 1.165) is 55.7 Å². The number of nitrogens with one attached hydrogen (secondary N) is 9. The van der Waals surface area contributed by atoms with Crippen molar-refractivity contribution in [1.29, 1.82) is 0 Å². The highest BCUT2D eigenvalue weighted by atomic mass is 16.7. The normalized spacial score (nSPS) is 9.47. The Morgan fingerprint density at radius 1 is 0.557 bits per heavy atom. The number of amidine groups is 2. The van der Waals surface area contributed by atoms with Gasteiger partial charge in [-0.1, -0.05) is 44.9 Å². The number of hydrazone groups is 9. The summed E-state index contributed by atoms with van der Waals surface area (Å²) in [5, 5.41) is 68.1. The van der Waals surface area contributed by atoms with Gasteiger partial charge in [-0.15, -0.1) is 0 Å². The van der Waals surface area contributed by atoms with Crippen molar-refractivity contribution in [2.45, 2.75) is 166 Å². The van der Waals surface area contributed by atoms with Crippen molar-refractivity contribution < 1.29 is 77.6 Å². The number of carbonyl (C=O) groups is 11. The van der Waals surface area contributed by atoms with E-state index in [-0.39, 0.29) is 55.3 Å². The summed E-state index contributed by atoms with van der Waals surface area (Å²) in [6.45, 7) is 49.0. The number of amides is 17. The number of carbonyl (C=O) groups excluding carboxylic acids is 11. The van der Waals surface area contributed by atoms with Gasteiger partial charge < -0.3 is 65.4 Å². The van der Waals surface area contributed by atoms with Crippen LogP contribution in [0.3, 0.4) is 0 Å². The fourth-order valence-electron chi connectivity index (χ4n) is 4.11. The van der Waals surface area contributed by atoms with E-state index < -0.39 is 36.2 Å². The first-order valence-corrected chi connectivity index (χ1v) is 32.8. The predicted octanol–water partition coefficient (Wildman–Crippen LogP) is 5.03. The Morgan fingerprint density at radius 2 is 0.957 bits per heavy atom. The van der Waals surface area contributed by atoms with Crippen LogP contribution in [0.25, 0.3) is 4.85 Å². The number of aromatic nitrogens is 1. The number of hydrogen-bond donors (Lipinski definition) is 18. The number of pyridine rings is 1. The van der Waals surface area contributed by atoms with Gasteiger partial charge in [0.25, 0.3) is 11.8 Å². The van der Waals surface area contributed by atoms with E-state index >= 15 is 0 Å². The van der Waals surface area contributed by atoms with Crippen LogP contribution in [0.5, 0.6) is 0 Å². The largest absolute Gasteiger partial charge is 0.430 e. The van der Waals surface area contributed by atoms with E-state index in [1.165, 1.54) is 41.3 Å².